The first kappa shape index (κ1) is 15.9. The number of aromatic nitrogens is 1. The highest BCUT2D eigenvalue weighted by atomic mass is 16.5. The summed E-state index contributed by atoms with van der Waals surface area (Å²) in [5.41, 5.74) is 1.02. The molecule has 2 saturated heterocycles. The molecule has 6 nitrogen and oxygen atoms in total. The maximum absolute atomic E-state index is 5.78. The first-order chi connectivity index (χ1) is 11.7. The normalized spacial score (nSPS) is 28.3. The summed E-state index contributed by atoms with van der Waals surface area (Å²) in [6.07, 6.45) is 3.16. The number of ether oxygens (including phenoxy) is 1. The fourth-order valence-corrected chi connectivity index (χ4v) is 4.26. The number of hydrogen-bond acceptors (Lipinski definition) is 6. The molecule has 0 saturated carbocycles. The molecule has 2 aromatic heterocycles. The summed E-state index contributed by atoms with van der Waals surface area (Å²) in [6, 6.07) is 6.53. The fraction of sp³-hybridized carbons (Fsp3) is 0.611. The standard InChI is InChI=1S/C18H25N3O3/c1-13-8-14(19-24-13)9-21-6-5-18(22-2)16-11-20(12-17(16)21)10-15-4-3-7-23-15/h3-4,7-8,16-18H,5-6,9-12H2,1-2H3/t16-,17+,18-/m0/s1. The van der Waals surface area contributed by atoms with Crippen molar-refractivity contribution in [1.29, 1.82) is 0 Å². The Balaban J connectivity index is 1.47. The van der Waals surface area contributed by atoms with Crippen LogP contribution in [0.25, 0.3) is 0 Å². The topological polar surface area (TPSA) is 54.9 Å². The quantitative estimate of drug-likeness (QED) is 0.838. The van der Waals surface area contributed by atoms with Crippen LogP contribution < -0.4 is 0 Å². The molecule has 130 valence electrons. The fourth-order valence-electron chi connectivity index (χ4n) is 4.26. The lowest BCUT2D eigenvalue weighted by Gasteiger charge is -2.40. The molecule has 2 fully saturated rings. The van der Waals surface area contributed by atoms with Gasteiger partial charge in [0.25, 0.3) is 0 Å². The number of aryl methyl sites for hydroxylation is 1. The Bertz CT molecular complexity index is 654. The number of fused-ring (bicyclic) bond motifs is 1. The summed E-state index contributed by atoms with van der Waals surface area (Å²) in [5, 5.41) is 4.17. The summed E-state index contributed by atoms with van der Waals surface area (Å²) in [5.74, 6) is 2.44. The maximum atomic E-state index is 5.78. The van der Waals surface area contributed by atoms with Crippen LogP contribution in [0.15, 0.2) is 33.4 Å². The van der Waals surface area contributed by atoms with E-state index in [0.717, 1.165) is 56.4 Å². The van der Waals surface area contributed by atoms with Crippen molar-refractivity contribution in [3.05, 3.63) is 41.7 Å². The van der Waals surface area contributed by atoms with Crippen molar-refractivity contribution in [2.45, 2.75) is 38.6 Å². The van der Waals surface area contributed by atoms with E-state index in [1.807, 2.05) is 32.2 Å². The van der Waals surface area contributed by atoms with Gasteiger partial charge in [-0.3, -0.25) is 9.80 Å². The predicted octanol–water partition coefficient (Wildman–Crippen LogP) is 2.30. The lowest BCUT2D eigenvalue weighted by molar-refractivity contribution is -0.0250. The number of methoxy groups -OCH3 is 1. The smallest absolute Gasteiger partial charge is 0.133 e. The Morgan fingerprint density at radius 3 is 2.96 bits per heavy atom. The van der Waals surface area contributed by atoms with E-state index in [9.17, 15) is 0 Å². The molecule has 2 aliphatic heterocycles. The average Bonchev–Trinajstić information content (AvgIpc) is 3.30. The maximum Gasteiger partial charge on any atom is 0.133 e. The highest BCUT2D eigenvalue weighted by molar-refractivity contribution is 5.07. The lowest BCUT2D eigenvalue weighted by Crippen LogP contribution is -2.50. The van der Waals surface area contributed by atoms with Gasteiger partial charge in [0.05, 0.1) is 24.6 Å². The molecule has 4 heterocycles. The van der Waals surface area contributed by atoms with Gasteiger partial charge in [0.2, 0.25) is 0 Å². The van der Waals surface area contributed by atoms with Crippen LogP contribution in [-0.2, 0) is 17.8 Å². The van der Waals surface area contributed by atoms with Gasteiger partial charge in [-0.15, -0.1) is 0 Å². The number of furan rings is 1. The van der Waals surface area contributed by atoms with Crippen LogP contribution in [0.1, 0.15) is 23.6 Å². The zero-order valence-electron chi connectivity index (χ0n) is 14.4. The predicted molar refractivity (Wildman–Crippen MR) is 88.3 cm³/mol. The second kappa shape index (κ2) is 6.70. The van der Waals surface area contributed by atoms with Crippen molar-refractivity contribution in [3.63, 3.8) is 0 Å². The van der Waals surface area contributed by atoms with E-state index in [2.05, 4.69) is 15.0 Å². The molecule has 24 heavy (non-hydrogen) atoms. The van der Waals surface area contributed by atoms with E-state index < -0.39 is 0 Å². The molecule has 3 atom stereocenters. The van der Waals surface area contributed by atoms with Crippen molar-refractivity contribution >= 4 is 0 Å². The Morgan fingerprint density at radius 2 is 2.25 bits per heavy atom. The summed E-state index contributed by atoms with van der Waals surface area (Å²) < 4.78 is 16.5. The largest absolute Gasteiger partial charge is 0.468 e. The third-order valence-corrected chi connectivity index (χ3v) is 5.36. The minimum Gasteiger partial charge on any atom is -0.468 e. The highest BCUT2D eigenvalue weighted by Crippen LogP contribution is 2.34. The van der Waals surface area contributed by atoms with Gasteiger partial charge in [0.1, 0.15) is 11.5 Å². The van der Waals surface area contributed by atoms with E-state index in [0.29, 0.717) is 18.1 Å². The van der Waals surface area contributed by atoms with Crippen molar-refractivity contribution in [2.24, 2.45) is 5.92 Å². The molecule has 4 rings (SSSR count). The van der Waals surface area contributed by atoms with Crippen LogP contribution in [0.4, 0.5) is 0 Å². The summed E-state index contributed by atoms with van der Waals surface area (Å²) >= 11 is 0. The monoisotopic (exact) mass is 331 g/mol. The van der Waals surface area contributed by atoms with Crippen molar-refractivity contribution < 1.29 is 13.7 Å². The van der Waals surface area contributed by atoms with Crippen LogP contribution in [0.3, 0.4) is 0 Å². The second-order valence-corrected chi connectivity index (χ2v) is 6.97. The third kappa shape index (κ3) is 3.14. The minimum absolute atomic E-state index is 0.340. The molecule has 0 radical (unpaired) electrons. The van der Waals surface area contributed by atoms with E-state index >= 15 is 0 Å². The van der Waals surface area contributed by atoms with Crippen molar-refractivity contribution in [1.82, 2.24) is 15.0 Å². The Morgan fingerprint density at radius 1 is 1.33 bits per heavy atom. The van der Waals surface area contributed by atoms with E-state index in [1.54, 1.807) is 6.26 Å². The number of nitrogens with zero attached hydrogens (tertiary/aromatic N) is 3. The first-order valence-corrected chi connectivity index (χ1v) is 8.66. The summed E-state index contributed by atoms with van der Waals surface area (Å²) in [4.78, 5) is 5.02. The Labute approximate surface area is 142 Å². The molecule has 6 heteroatoms. The van der Waals surface area contributed by atoms with Crippen LogP contribution >= 0.6 is 0 Å². The second-order valence-electron chi connectivity index (χ2n) is 6.97. The van der Waals surface area contributed by atoms with E-state index in [4.69, 9.17) is 13.7 Å². The van der Waals surface area contributed by atoms with Crippen molar-refractivity contribution in [2.75, 3.05) is 26.7 Å². The molecule has 0 spiro atoms. The summed E-state index contributed by atoms with van der Waals surface area (Å²) in [6.45, 7) is 6.80. The number of rotatable bonds is 5. The number of piperidine rings is 1. The van der Waals surface area contributed by atoms with Gasteiger partial charge in [-0.2, -0.15) is 0 Å². The van der Waals surface area contributed by atoms with Gasteiger partial charge < -0.3 is 13.7 Å². The molecule has 2 aliphatic rings. The van der Waals surface area contributed by atoms with Gasteiger partial charge in [0, 0.05) is 51.3 Å². The van der Waals surface area contributed by atoms with Gasteiger partial charge in [-0.1, -0.05) is 5.16 Å². The van der Waals surface area contributed by atoms with Gasteiger partial charge in [-0.25, -0.2) is 0 Å². The molecule has 0 bridgehead atoms. The molecule has 0 N–H and O–H groups in total. The zero-order chi connectivity index (χ0) is 16.5. The molecule has 2 aromatic rings. The van der Waals surface area contributed by atoms with Crippen molar-refractivity contribution in [3.8, 4) is 0 Å². The molecular weight excluding hydrogens is 306 g/mol. The van der Waals surface area contributed by atoms with Gasteiger partial charge in [-0.05, 0) is 25.5 Å². The van der Waals surface area contributed by atoms with E-state index in [1.165, 1.54) is 0 Å². The minimum atomic E-state index is 0.340. The number of likely N-dealkylation sites (tertiary alicyclic amines) is 2. The molecule has 0 unspecified atom stereocenters. The van der Waals surface area contributed by atoms with Gasteiger partial charge >= 0.3 is 0 Å². The van der Waals surface area contributed by atoms with Crippen LogP contribution in [-0.4, -0.2) is 53.8 Å². The zero-order valence-corrected chi connectivity index (χ0v) is 14.4. The lowest BCUT2D eigenvalue weighted by atomic mass is 9.89. The Hall–Kier alpha value is -1.63. The molecular formula is C18H25N3O3. The van der Waals surface area contributed by atoms with E-state index in [-0.39, 0.29) is 0 Å². The van der Waals surface area contributed by atoms with Gasteiger partial charge in [0.15, 0.2) is 0 Å². The average molecular weight is 331 g/mol. The van der Waals surface area contributed by atoms with Crippen LogP contribution in [0, 0.1) is 12.8 Å². The SMILES string of the molecule is CO[C@H]1CCN(Cc2cc(C)on2)[C@@H]2CN(Cc3ccco3)C[C@H]12. The van der Waals surface area contributed by atoms with Crippen LogP contribution in [0.2, 0.25) is 0 Å². The molecule has 0 aromatic carbocycles. The Kier molecular flexibility index (Phi) is 4.43. The number of hydrogen-bond donors (Lipinski definition) is 0. The third-order valence-electron chi connectivity index (χ3n) is 5.36. The summed E-state index contributed by atoms with van der Waals surface area (Å²) in [7, 11) is 1.84. The molecule has 0 aliphatic carbocycles. The van der Waals surface area contributed by atoms with Crippen LogP contribution in [0.5, 0.6) is 0 Å². The first-order valence-electron chi connectivity index (χ1n) is 8.66. The highest BCUT2D eigenvalue weighted by Gasteiger charge is 2.44. The molecule has 0 amide bonds.